The van der Waals surface area contributed by atoms with Gasteiger partial charge in [0.25, 0.3) is 5.91 Å². The molecule has 2 aromatic carbocycles. The van der Waals surface area contributed by atoms with Crippen LogP contribution in [0.5, 0.6) is 0 Å². The van der Waals surface area contributed by atoms with E-state index < -0.39 is 33.6 Å². The van der Waals surface area contributed by atoms with Crippen LogP contribution >= 0.6 is 15.9 Å². The molecule has 39 heavy (non-hydrogen) atoms. The lowest BCUT2D eigenvalue weighted by Gasteiger charge is -2.19. The second-order valence-corrected chi connectivity index (χ2v) is 11.0. The average Bonchev–Trinajstić information content (AvgIpc) is 3.44. The summed E-state index contributed by atoms with van der Waals surface area (Å²) in [7, 11) is -2.72. The van der Waals surface area contributed by atoms with Gasteiger partial charge in [-0.1, -0.05) is 22.0 Å². The van der Waals surface area contributed by atoms with Gasteiger partial charge in [0, 0.05) is 15.9 Å². The number of allylic oxidation sites excluding steroid dienone is 1. The van der Waals surface area contributed by atoms with Gasteiger partial charge in [0.2, 0.25) is 10.0 Å². The number of ether oxygens (including phenoxy) is 1. The number of nitrogens with one attached hydrogen (secondary N) is 1. The summed E-state index contributed by atoms with van der Waals surface area (Å²) in [5.41, 5.74) is -1.27. The summed E-state index contributed by atoms with van der Waals surface area (Å²) in [6.45, 7) is 1.21. The molecule has 0 unspecified atom stereocenters. The van der Waals surface area contributed by atoms with Gasteiger partial charge >= 0.3 is 12.1 Å². The molecule has 0 fully saturated rings. The van der Waals surface area contributed by atoms with E-state index in [0.29, 0.717) is 4.47 Å². The number of benzene rings is 2. The van der Waals surface area contributed by atoms with Crippen LogP contribution in [0.2, 0.25) is 0 Å². The van der Waals surface area contributed by atoms with Gasteiger partial charge in [-0.25, -0.2) is 17.9 Å². The normalized spacial score (nSPS) is 15.4. The van der Waals surface area contributed by atoms with Crippen molar-refractivity contribution < 1.29 is 40.3 Å². The number of sulfonamides is 1. The van der Waals surface area contributed by atoms with Crippen LogP contribution in [0, 0.1) is 0 Å². The maximum Gasteiger partial charge on any atom is 0.416 e. The molecule has 0 saturated carbocycles. The molecule has 0 spiro atoms. The molecule has 4 rings (SSSR count). The van der Waals surface area contributed by atoms with Crippen molar-refractivity contribution in [2.24, 2.45) is 0 Å². The smallest absolute Gasteiger partial charge is 0.416 e. The SMILES string of the molecule is COC(=O)C1=C(C)N(c2cccc(C(F)(F)F)c2)C(=O)/C1=C/c1ccc(CNS(=O)(=O)c2ccc(Br)cc2)o1. The van der Waals surface area contributed by atoms with Gasteiger partial charge in [-0.15, -0.1) is 0 Å². The minimum Gasteiger partial charge on any atom is -0.465 e. The van der Waals surface area contributed by atoms with Crippen molar-refractivity contribution in [3.8, 4) is 0 Å². The van der Waals surface area contributed by atoms with E-state index in [0.717, 1.165) is 30.2 Å². The first-order chi connectivity index (χ1) is 18.3. The van der Waals surface area contributed by atoms with E-state index in [1.807, 2.05) is 0 Å². The molecular formula is C26H20BrF3N2O6S. The quantitative estimate of drug-likeness (QED) is 0.278. The molecule has 0 radical (unpaired) electrons. The average molecular weight is 625 g/mol. The minimum atomic E-state index is -4.64. The van der Waals surface area contributed by atoms with E-state index in [2.05, 4.69) is 20.7 Å². The third-order valence-corrected chi connectivity index (χ3v) is 7.70. The minimum absolute atomic E-state index is 0.0502. The van der Waals surface area contributed by atoms with Crippen LogP contribution in [0.3, 0.4) is 0 Å². The van der Waals surface area contributed by atoms with Crippen molar-refractivity contribution in [2.45, 2.75) is 24.5 Å². The standard InChI is InChI=1S/C26H20BrF3N2O6S/c1-15-23(25(34)37-2)22(24(33)32(15)18-5-3-4-16(12-18)26(28,29)30)13-19-8-9-20(38-19)14-31-39(35,36)21-10-6-17(27)7-11-21/h3-13,31H,14H2,1-2H3/b22-13+. The number of anilines is 1. The Balaban J connectivity index is 1.62. The van der Waals surface area contributed by atoms with Crippen LogP contribution in [0.15, 0.2) is 91.3 Å². The summed E-state index contributed by atoms with van der Waals surface area (Å²) >= 11 is 3.24. The number of halogens is 4. The second-order valence-electron chi connectivity index (χ2n) is 8.28. The zero-order chi connectivity index (χ0) is 28.5. The molecule has 0 atom stereocenters. The number of hydrogen-bond acceptors (Lipinski definition) is 6. The Morgan fingerprint density at radius 1 is 1.13 bits per heavy atom. The van der Waals surface area contributed by atoms with Gasteiger partial charge in [-0.2, -0.15) is 13.2 Å². The van der Waals surface area contributed by atoms with Gasteiger partial charge < -0.3 is 9.15 Å². The highest BCUT2D eigenvalue weighted by atomic mass is 79.9. The van der Waals surface area contributed by atoms with Gasteiger partial charge in [-0.05, 0) is 67.6 Å². The number of rotatable bonds is 7. The lowest BCUT2D eigenvalue weighted by Crippen LogP contribution is -2.24. The Bertz CT molecular complexity index is 1610. The van der Waals surface area contributed by atoms with E-state index in [4.69, 9.17) is 9.15 Å². The molecule has 0 bridgehead atoms. The summed E-state index contributed by atoms with van der Waals surface area (Å²) in [6, 6.07) is 13.1. The van der Waals surface area contributed by atoms with Crippen LogP contribution < -0.4 is 9.62 Å². The summed E-state index contributed by atoms with van der Waals surface area (Å²) in [5.74, 6) is -1.31. The van der Waals surface area contributed by atoms with E-state index in [-0.39, 0.29) is 45.5 Å². The van der Waals surface area contributed by atoms with Gasteiger partial charge in [-0.3, -0.25) is 9.69 Å². The summed E-state index contributed by atoms with van der Waals surface area (Å²) < 4.78 is 78.4. The molecule has 204 valence electrons. The number of hydrogen-bond donors (Lipinski definition) is 1. The van der Waals surface area contributed by atoms with E-state index >= 15 is 0 Å². The fourth-order valence-corrected chi connectivity index (χ4v) is 5.14. The van der Waals surface area contributed by atoms with Gasteiger partial charge in [0.1, 0.15) is 11.5 Å². The number of methoxy groups -OCH3 is 1. The Kier molecular flexibility index (Phi) is 7.87. The van der Waals surface area contributed by atoms with Crippen molar-refractivity contribution in [1.29, 1.82) is 0 Å². The maximum absolute atomic E-state index is 13.3. The molecular weight excluding hydrogens is 605 g/mol. The Labute approximate surface area is 229 Å². The van der Waals surface area contributed by atoms with Crippen molar-refractivity contribution in [2.75, 3.05) is 12.0 Å². The van der Waals surface area contributed by atoms with Crippen LogP contribution in [-0.2, 0) is 37.1 Å². The first-order valence-corrected chi connectivity index (χ1v) is 13.5. The van der Waals surface area contributed by atoms with Crippen molar-refractivity contribution in [3.63, 3.8) is 0 Å². The number of amides is 1. The Morgan fingerprint density at radius 2 is 1.82 bits per heavy atom. The highest BCUT2D eigenvalue weighted by Crippen LogP contribution is 2.38. The second kappa shape index (κ2) is 10.8. The van der Waals surface area contributed by atoms with Crippen molar-refractivity contribution in [3.05, 3.63) is 99.1 Å². The highest BCUT2D eigenvalue weighted by molar-refractivity contribution is 9.10. The molecule has 8 nitrogen and oxygen atoms in total. The van der Waals surface area contributed by atoms with Crippen LogP contribution in [0.25, 0.3) is 6.08 Å². The molecule has 2 heterocycles. The molecule has 1 aliphatic rings. The van der Waals surface area contributed by atoms with E-state index in [1.165, 1.54) is 43.3 Å². The topological polar surface area (TPSA) is 106 Å². The number of carbonyl (C=O) groups excluding carboxylic acids is 2. The third kappa shape index (κ3) is 6.00. The van der Waals surface area contributed by atoms with E-state index in [1.54, 1.807) is 12.1 Å². The Morgan fingerprint density at radius 3 is 2.46 bits per heavy atom. The molecule has 13 heteroatoms. The number of esters is 1. The zero-order valence-electron chi connectivity index (χ0n) is 20.4. The van der Waals surface area contributed by atoms with Gasteiger partial charge in [0.05, 0.1) is 35.3 Å². The monoisotopic (exact) mass is 624 g/mol. The maximum atomic E-state index is 13.3. The first-order valence-electron chi connectivity index (χ1n) is 11.2. The molecule has 0 saturated heterocycles. The number of nitrogens with zero attached hydrogens (tertiary/aromatic N) is 1. The third-order valence-electron chi connectivity index (χ3n) is 5.75. The molecule has 1 N–H and O–H groups in total. The highest BCUT2D eigenvalue weighted by Gasteiger charge is 2.39. The number of carbonyl (C=O) groups is 2. The predicted molar refractivity (Wildman–Crippen MR) is 138 cm³/mol. The van der Waals surface area contributed by atoms with Crippen LogP contribution in [0.1, 0.15) is 24.0 Å². The first kappa shape index (κ1) is 28.3. The molecule has 1 aromatic heterocycles. The van der Waals surface area contributed by atoms with Gasteiger partial charge in [0.15, 0.2) is 0 Å². The van der Waals surface area contributed by atoms with Crippen LogP contribution in [0.4, 0.5) is 18.9 Å². The van der Waals surface area contributed by atoms with E-state index in [9.17, 15) is 31.2 Å². The Hall–Kier alpha value is -3.68. The summed E-state index contributed by atoms with van der Waals surface area (Å²) in [5, 5.41) is 0. The lowest BCUT2D eigenvalue weighted by molar-refractivity contribution is -0.137. The largest absolute Gasteiger partial charge is 0.465 e. The summed E-state index contributed by atoms with van der Waals surface area (Å²) in [4.78, 5) is 26.9. The lowest BCUT2D eigenvalue weighted by atomic mass is 10.1. The number of furan rings is 1. The molecule has 3 aromatic rings. The summed E-state index contributed by atoms with van der Waals surface area (Å²) in [6.07, 6.45) is -3.39. The molecule has 0 aliphatic carbocycles. The fraction of sp³-hybridized carbons (Fsp3) is 0.154. The fourth-order valence-electron chi connectivity index (χ4n) is 3.88. The number of alkyl halides is 3. The van der Waals surface area contributed by atoms with Crippen molar-refractivity contribution in [1.82, 2.24) is 4.72 Å². The molecule has 1 amide bonds. The zero-order valence-corrected chi connectivity index (χ0v) is 22.8. The van der Waals surface area contributed by atoms with Crippen molar-refractivity contribution >= 4 is 49.6 Å². The predicted octanol–water partition coefficient (Wildman–Crippen LogP) is 5.42. The van der Waals surface area contributed by atoms with Crippen LogP contribution in [-0.4, -0.2) is 27.4 Å². The molecule has 1 aliphatic heterocycles.